The monoisotopic (exact) mass is 256 g/mol. The summed E-state index contributed by atoms with van der Waals surface area (Å²) in [4.78, 5) is 4.12. The summed E-state index contributed by atoms with van der Waals surface area (Å²) in [5, 5.41) is 3.66. The van der Waals surface area contributed by atoms with Crippen molar-refractivity contribution in [3.8, 4) is 5.82 Å². The number of hydrogen-bond donors (Lipinski definition) is 1. The fourth-order valence-corrected chi connectivity index (χ4v) is 1.55. The molecular weight excluding hydrogens is 245 g/mol. The Balaban J connectivity index is 2.43. The Hall–Kier alpha value is -1.89. The van der Waals surface area contributed by atoms with Crippen LogP contribution in [0.25, 0.3) is 5.82 Å². The van der Waals surface area contributed by atoms with Crippen LogP contribution in [0.5, 0.6) is 0 Å². The van der Waals surface area contributed by atoms with Crippen molar-refractivity contribution in [1.29, 1.82) is 0 Å². The minimum atomic E-state index is -4.40. The topological polar surface area (TPSA) is 56.7 Å². The highest BCUT2D eigenvalue weighted by Gasteiger charge is 2.32. The average molecular weight is 256 g/mol. The molecule has 0 saturated carbocycles. The molecule has 4 nitrogen and oxygen atoms in total. The zero-order chi connectivity index (χ0) is 13.3. The maximum absolute atomic E-state index is 12.4. The largest absolute Gasteiger partial charge is 0.419 e. The summed E-state index contributed by atoms with van der Waals surface area (Å²) in [6, 6.07) is 3.39. The van der Waals surface area contributed by atoms with E-state index < -0.39 is 11.7 Å². The van der Waals surface area contributed by atoms with E-state index in [0.29, 0.717) is 18.1 Å². The van der Waals surface area contributed by atoms with Gasteiger partial charge in [0.2, 0.25) is 0 Å². The molecule has 0 atom stereocenters. The Morgan fingerprint density at radius 1 is 1.33 bits per heavy atom. The summed E-state index contributed by atoms with van der Waals surface area (Å²) in [5.41, 5.74) is 6.17. The Kier molecular flexibility index (Phi) is 3.08. The second kappa shape index (κ2) is 4.41. The molecule has 2 rings (SSSR count). The van der Waals surface area contributed by atoms with Crippen LogP contribution in [0.1, 0.15) is 16.8 Å². The smallest absolute Gasteiger partial charge is 0.326 e. The zero-order valence-corrected chi connectivity index (χ0v) is 9.57. The number of nitrogens with two attached hydrogens (primary N) is 1. The number of alkyl halides is 3. The third-order valence-electron chi connectivity index (χ3n) is 2.38. The first-order valence-electron chi connectivity index (χ1n) is 5.20. The minimum Gasteiger partial charge on any atom is -0.326 e. The number of halogens is 3. The lowest BCUT2D eigenvalue weighted by molar-refractivity contribution is -0.137. The van der Waals surface area contributed by atoms with Gasteiger partial charge in [0.05, 0.1) is 11.8 Å². The molecule has 0 bridgehead atoms. The van der Waals surface area contributed by atoms with Gasteiger partial charge in [-0.1, -0.05) is 0 Å². The van der Waals surface area contributed by atoms with E-state index in [-0.39, 0.29) is 0 Å². The second-order valence-electron chi connectivity index (χ2n) is 3.85. The summed E-state index contributed by atoms with van der Waals surface area (Å²) in [6.07, 6.45) is -2.73. The summed E-state index contributed by atoms with van der Waals surface area (Å²) >= 11 is 0. The maximum Gasteiger partial charge on any atom is 0.419 e. The van der Waals surface area contributed by atoms with Crippen molar-refractivity contribution in [3.05, 3.63) is 41.3 Å². The van der Waals surface area contributed by atoms with E-state index >= 15 is 0 Å². The van der Waals surface area contributed by atoms with Gasteiger partial charge in [0, 0.05) is 18.4 Å². The quantitative estimate of drug-likeness (QED) is 0.894. The molecule has 2 aromatic heterocycles. The molecule has 2 aromatic rings. The first-order chi connectivity index (χ1) is 8.40. The predicted molar refractivity (Wildman–Crippen MR) is 59.0 cm³/mol. The van der Waals surface area contributed by atoms with Gasteiger partial charge in [-0.05, 0) is 24.6 Å². The van der Waals surface area contributed by atoms with Crippen LogP contribution in [0.2, 0.25) is 0 Å². The van der Waals surface area contributed by atoms with Gasteiger partial charge in [0.1, 0.15) is 0 Å². The summed E-state index contributed by atoms with van der Waals surface area (Å²) < 4.78 is 38.4. The maximum atomic E-state index is 12.4. The van der Waals surface area contributed by atoms with Crippen LogP contribution in [0.4, 0.5) is 13.2 Å². The van der Waals surface area contributed by atoms with Crippen molar-refractivity contribution >= 4 is 0 Å². The van der Waals surface area contributed by atoms with E-state index in [2.05, 4.69) is 10.1 Å². The molecule has 0 aromatic carbocycles. The molecule has 0 aliphatic carbocycles. The first kappa shape index (κ1) is 12.6. The molecule has 0 amide bonds. The van der Waals surface area contributed by atoms with Crippen molar-refractivity contribution < 1.29 is 13.2 Å². The van der Waals surface area contributed by atoms with Gasteiger partial charge in [-0.2, -0.15) is 18.3 Å². The van der Waals surface area contributed by atoms with Crippen molar-refractivity contribution in [2.75, 3.05) is 0 Å². The fourth-order valence-electron chi connectivity index (χ4n) is 1.55. The van der Waals surface area contributed by atoms with Gasteiger partial charge >= 0.3 is 6.18 Å². The lowest BCUT2D eigenvalue weighted by Gasteiger charge is -2.05. The molecule has 96 valence electrons. The van der Waals surface area contributed by atoms with Crippen molar-refractivity contribution in [3.63, 3.8) is 0 Å². The minimum absolute atomic E-state index is 0.295. The van der Waals surface area contributed by atoms with Crippen molar-refractivity contribution in [1.82, 2.24) is 14.8 Å². The van der Waals surface area contributed by atoms with E-state index in [4.69, 9.17) is 5.73 Å². The summed E-state index contributed by atoms with van der Waals surface area (Å²) in [5.74, 6) is 0.325. The average Bonchev–Trinajstić information content (AvgIpc) is 2.77. The number of nitrogens with zero attached hydrogens (tertiary/aromatic N) is 3. The van der Waals surface area contributed by atoms with Gasteiger partial charge in [0.25, 0.3) is 0 Å². The highest BCUT2D eigenvalue weighted by Crippen LogP contribution is 2.29. The molecule has 2 heterocycles. The number of aromatic nitrogens is 3. The van der Waals surface area contributed by atoms with Gasteiger partial charge in [-0.25, -0.2) is 9.67 Å². The van der Waals surface area contributed by atoms with E-state index in [0.717, 1.165) is 22.6 Å². The molecule has 0 aliphatic rings. The van der Waals surface area contributed by atoms with Crippen LogP contribution in [0.15, 0.2) is 24.5 Å². The lowest BCUT2D eigenvalue weighted by atomic mass is 10.2. The van der Waals surface area contributed by atoms with Crippen LogP contribution in [0.3, 0.4) is 0 Å². The highest BCUT2D eigenvalue weighted by molar-refractivity contribution is 5.31. The molecular formula is C11H11F3N4. The Morgan fingerprint density at radius 3 is 2.61 bits per heavy atom. The van der Waals surface area contributed by atoms with Crippen LogP contribution in [0, 0.1) is 6.92 Å². The zero-order valence-electron chi connectivity index (χ0n) is 9.57. The van der Waals surface area contributed by atoms with Crippen LogP contribution in [-0.2, 0) is 12.7 Å². The normalized spacial score (nSPS) is 11.8. The third-order valence-corrected chi connectivity index (χ3v) is 2.38. The molecule has 0 radical (unpaired) electrons. The van der Waals surface area contributed by atoms with Crippen molar-refractivity contribution in [2.24, 2.45) is 5.73 Å². The number of aryl methyl sites for hydroxylation is 1. The van der Waals surface area contributed by atoms with E-state index in [1.165, 1.54) is 0 Å². The molecule has 0 spiro atoms. The van der Waals surface area contributed by atoms with Gasteiger partial charge in [0.15, 0.2) is 5.82 Å². The molecule has 0 fully saturated rings. The van der Waals surface area contributed by atoms with Crippen LogP contribution >= 0.6 is 0 Å². The highest BCUT2D eigenvalue weighted by atomic mass is 19.4. The van der Waals surface area contributed by atoms with Crippen LogP contribution < -0.4 is 5.73 Å². The standard InChI is InChI=1S/C11H11F3N4/c1-7-2-8(4-15)3-10(17-7)18-6-9(5-16-18)11(12,13)14/h2-3,5-6H,4,15H2,1H3. The number of hydrogen-bond acceptors (Lipinski definition) is 3. The molecule has 0 saturated heterocycles. The van der Waals surface area contributed by atoms with E-state index in [9.17, 15) is 13.2 Å². The first-order valence-corrected chi connectivity index (χ1v) is 5.20. The van der Waals surface area contributed by atoms with Crippen LogP contribution in [-0.4, -0.2) is 14.8 Å². The molecule has 18 heavy (non-hydrogen) atoms. The predicted octanol–water partition coefficient (Wildman–Crippen LogP) is 2.05. The molecule has 0 unspecified atom stereocenters. The summed E-state index contributed by atoms with van der Waals surface area (Å²) in [7, 11) is 0. The summed E-state index contributed by atoms with van der Waals surface area (Å²) in [6.45, 7) is 2.04. The Bertz CT molecular complexity index is 560. The van der Waals surface area contributed by atoms with Gasteiger partial charge < -0.3 is 5.73 Å². The van der Waals surface area contributed by atoms with Crippen molar-refractivity contribution in [2.45, 2.75) is 19.6 Å². The molecule has 0 aliphatic heterocycles. The molecule has 7 heteroatoms. The Morgan fingerprint density at radius 2 is 2.06 bits per heavy atom. The second-order valence-corrected chi connectivity index (χ2v) is 3.85. The van der Waals surface area contributed by atoms with Gasteiger partial charge in [-0.3, -0.25) is 0 Å². The van der Waals surface area contributed by atoms with E-state index in [1.54, 1.807) is 19.1 Å². The molecule has 2 N–H and O–H groups in total. The van der Waals surface area contributed by atoms with E-state index in [1.807, 2.05) is 0 Å². The number of rotatable bonds is 2. The fraction of sp³-hybridized carbons (Fsp3) is 0.273. The Labute approximate surface area is 101 Å². The SMILES string of the molecule is Cc1cc(CN)cc(-n2cc(C(F)(F)F)cn2)n1. The lowest BCUT2D eigenvalue weighted by Crippen LogP contribution is -2.05. The third kappa shape index (κ3) is 2.51. The number of pyridine rings is 1. The van der Waals surface area contributed by atoms with Gasteiger partial charge in [-0.15, -0.1) is 0 Å².